The molecular formula is C21H22F3NO4. The first-order valence-electron chi connectivity index (χ1n) is 8.91. The maximum absolute atomic E-state index is 12.5. The van der Waals surface area contributed by atoms with Crippen molar-refractivity contribution in [1.29, 1.82) is 0 Å². The van der Waals surface area contributed by atoms with Crippen molar-refractivity contribution in [2.24, 2.45) is 11.8 Å². The molecule has 1 amide bonds. The van der Waals surface area contributed by atoms with E-state index in [9.17, 15) is 27.9 Å². The number of rotatable bonds is 7. The summed E-state index contributed by atoms with van der Waals surface area (Å²) in [5.74, 6) is -3.86. The quantitative estimate of drug-likeness (QED) is 0.694. The SMILES string of the molecule is Cc1cc(C)cc(C[C@@H](C(=O)O)[C@@H](C)C(=O)Nc2ccc(OC(F)(F)F)cc2)c1. The first kappa shape index (κ1) is 22.3. The standard InChI is InChI=1S/C21H22F3NO4/c1-12-8-13(2)10-15(9-12)11-18(20(27)28)14(3)19(26)25-16-4-6-17(7-5-16)29-21(22,23)24/h4-10,14,18H,11H2,1-3H3,(H,25,26)(H,27,28)/t14-,18-/m1/s1. The van der Waals surface area contributed by atoms with E-state index in [2.05, 4.69) is 10.1 Å². The molecule has 2 rings (SSSR count). The lowest BCUT2D eigenvalue weighted by Crippen LogP contribution is -2.33. The van der Waals surface area contributed by atoms with Gasteiger partial charge < -0.3 is 15.2 Å². The fraction of sp³-hybridized carbons (Fsp3) is 0.333. The molecule has 0 aromatic heterocycles. The molecule has 2 N–H and O–H groups in total. The number of carbonyl (C=O) groups excluding carboxylic acids is 1. The number of halogens is 3. The Labute approximate surface area is 166 Å². The summed E-state index contributed by atoms with van der Waals surface area (Å²) in [6.45, 7) is 5.33. The summed E-state index contributed by atoms with van der Waals surface area (Å²) in [6, 6.07) is 10.4. The Bertz CT molecular complexity index is 858. The molecule has 0 aliphatic heterocycles. The molecule has 0 saturated carbocycles. The number of ether oxygens (including phenoxy) is 1. The van der Waals surface area contributed by atoms with Crippen LogP contribution in [0.25, 0.3) is 0 Å². The Morgan fingerprint density at radius 3 is 2.10 bits per heavy atom. The Morgan fingerprint density at radius 2 is 1.62 bits per heavy atom. The number of alkyl halides is 3. The number of benzene rings is 2. The third-order valence-corrected chi connectivity index (χ3v) is 4.43. The summed E-state index contributed by atoms with van der Waals surface area (Å²) in [6.07, 6.45) is -4.62. The summed E-state index contributed by atoms with van der Waals surface area (Å²) in [4.78, 5) is 24.3. The van der Waals surface area contributed by atoms with Gasteiger partial charge in [-0.05, 0) is 50.1 Å². The van der Waals surface area contributed by atoms with Crippen LogP contribution in [0.5, 0.6) is 5.75 Å². The Balaban J connectivity index is 2.08. The highest BCUT2D eigenvalue weighted by atomic mass is 19.4. The number of carboxylic acids is 1. The van der Waals surface area contributed by atoms with Gasteiger partial charge in [-0.3, -0.25) is 9.59 Å². The second-order valence-electron chi connectivity index (χ2n) is 6.99. The Hall–Kier alpha value is -3.03. The highest BCUT2D eigenvalue weighted by Crippen LogP contribution is 2.25. The van der Waals surface area contributed by atoms with Gasteiger partial charge in [-0.15, -0.1) is 13.2 Å². The smallest absolute Gasteiger partial charge is 0.481 e. The van der Waals surface area contributed by atoms with E-state index in [0.29, 0.717) is 0 Å². The van der Waals surface area contributed by atoms with Crippen molar-refractivity contribution < 1.29 is 32.6 Å². The number of anilines is 1. The van der Waals surface area contributed by atoms with Crippen LogP contribution in [0.3, 0.4) is 0 Å². The summed E-state index contributed by atoms with van der Waals surface area (Å²) < 4.78 is 40.4. The van der Waals surface area contributed by atoms with Gasteiger partial charge in [0.15, 0.2) is 0 Å². The van der Waals surface area contributed by atoms with Crippen molar-refractivity contribution in [3.63, 3.8) is 0 Å². The van der Waals surface area contributed by atoms with Crippen molar-refractivity contribution in [2.75, 3.05) is 5.32 Å². The Morgan fingerprint density at radius 1 is 1.07 bits per heavy atom. The van der Waals surface area contributed by atoms with Crippen LogP contribution >= 0.6 is 0 Å². The average Bonchev–Trinajstić information content (AvgIpc) is 2.58. The fourth-order valence-electron chi connectivity index (χ4n) is 3.10. The lowest BCUT2D eigenvalue weighted by molar-refractivity contribution is -0.274. The van der Waals surface area contributed by atoms with E-state index in [0.717, 1.165) is 28.8 Å². The van der Waals surface area contributed by atoms with Crippen LogP contribution in [-0.2, 0) is 16.0 Å². The predicted octanol–water partition coefficient (Wildman–Crippen LogP) is 4.72. The summed E-state index contributed by atoms with van der Waals surface area (Å²) in [5.41, 5.74) is 3.07. The van der Waals surface area contributed by atoms with E-state index in [4.69, 9.17) is 0 Å². The number of carboxylic acid groups (broad SMARTS) is 1. The molecule has 0 aliphatic carbocycles. The second kappa shape index (κ2) is 8.98. The number of hydrogen-bond donors (Lipinski definition) is 2. The van der Waals surface area contributed by atoms with E-state index in [1.165, 1.54) is 19.1 Å². The van der Waals surface area contributed by atoms with Crippen LogP contribution in [-0.4, -0.2) is 23.3 Å². The molecule has 29 heavy (non-hydrogen) atoms. The molecule has 2 aromatic rings. The molecular weight excluding hydrogens is 387 g/mol. The third kappa shape index (κ3) is 6.81. The monoisotopic (exact) mass is 409 g/mol. The number of amides is 1. The van der Waals surface area contributed by atoms with Gasteiger partial charge in [0.05, 0.1) is 5.92 Å². The van der Waals surface area contributed by atoms with Gasteiger partial charge in [-0.25, -0.2) is 0 Å². The van der Waals surface area contributed by atoms with E-state index in [1.807, 2.05) is 32.0 Å². The largest absolute Gasteiger partial charge is 0.573 e. The van der Waals surface area contributed by atoms with Crippen LogP contribution in [0.4, 0.5) is 18.9 Å². The summed E-state index contributed by atoms with van der Waals surface area (Å²) >= 11 is 0. The van der Waals surface area contributed by atoms with Crippen LogP contribution in [0.15, 0.2) is 42.5 Å². The number of nitrogens with one attached hydrogen (secondary N) is 1. The molecule has 0 spiro atoms. The molecule has 0 heterocycles. The topological polar surface area (TPSA) is 75.6 Å². The van der Waals surface area contributed by atoms with Gasteiger partial charge >= 0.3 is 12.3 Å². The molecule has 5 nitrogen and oxygen atoms in total. The number of carbonyl (C=O) groups is 2. The van der Waals surface area contributed by atoms with Crippen LogP contribution in [0.2, 0.25) is 0 Å². The highest BCUT2D eigenvalue weighted by molar-refractivity contribution is 5.95. The zero-order valence-electron chi connectivity index (χ0n) is 16.2. The molecule has 0 aliphatic rings. The summed E-state index contributed by atoms with van der Waals surface area (Å²) in [5, 5.41) is 12.1. The Kier molecular flexibility index (Phi) is 6.89. The van der Waals surface area contributed by atoms with Crippen LogP contribution in [0, 0.1) is 25.7 Å². The van der Waals surface area contributed by atoms with Crippen LogP contribution < -0.4 is 10.1 Å². The van der Waals surface area contributed by atoms with Crippen molar-refractivity contribution in [1.82, 2.24) is 0 Å². The van der Waals surface area contributed by atoms with E-state index < -0.39 is 35.8 Å². The van der Waals surface area contributed by atoms with E-state index in [-0.39, 0.29) is 12.1 Å². The zero-order chi connectivity index (χ0) is 21.8. The van der Waals surface area contributed by atoms with Crippen molar-refractivity contribution in [3.05, 3.63) is 59.2 Å². The molecule has 0 radical (unpaired) electrons. The van der Waals surface area contributed by atoms with Gasteiger partial charge in [0.1, 0.15) is 5.75 Å². The third-order valence-electron chi connectivity index (χ3n) is 4.43. The van der Waals surface area contributed by atoms with Gasteiger partial charge in [0.25, 0.3) is 0 Å². The number of aliphatic carboxylic acids is 1. The van der Waals surface area contributed by atoms with Gasteiger partial charge in [-0.2, -0.15) is 0 Å². The first-order valence-corrected chi connectivity index (χ1v) is 8.91. The fourth-order valence-corrected chi connectivity index (χ4v) is 3.10. The number of aryl methyl sites for hydroxylation is 2. The van der Waals surface area contributed by atoms with Crippen molar-refractivity contribution in [2.45, 2.75) is 33.6 Å². The maximum Gasteiger partial charge on any atom is 0.573 e. The van der Waals surface area contributed by atoms with Gasteiger partial charge in [0.2, 0.25) is 5.91 Å². The molecule has 0 saturated heterocycles. The molecule has 2 aromatic carbocycles. The van der Waals surface area contributed by atoms with E-state index >= 15 is 0 Å². The average molecular weight is 409 g/mol. The number of hydrogen-bond acceptors (Lipinski definition) is 3. The molecule has 0 bridgehead atoms. The lowest BCUT2D eigenvalue weighted by Gasteiger charge is -2.20. The van der Waals surface area contributed by atoms with E-state index in [1.54, 1.807) is 0 Å². The molecule has 0 fully saturated rings. The van der Waals surface area contributed by atoms with Crippen molar-refractivity contribution >= 4 is 17.6 Å². The van der Waals surface area contributed by atoms with Crippen molar-refractivity contribution in [3.8, 4) is 5.75 Å². The summed E-state index contributed by atoms with van der Waals surface area (Å²) in [7, 11) is 0. The minimum atomic E-state index is -4.80. The minimum Gasteiger partial charge on any atom is -0.481 e. The maximum atomic E-state index is 12.5. The zero-order valence-corrected chi connectivity index (χ0v) is 16.2. The van der Waals surface area contributed by atoms with Gasteiger partial charge in [0, 0.05) is 11.6 Å². The van der Waals surface area contributed by atoms with Crippen LogP contribution in [0.1, 0.15) is 23.6 Å². The highest BCUT2D eigenvalue weighted by Gasteiger charge is 2.32. The lowest BCUT2D eigenvalue weighted by atomic mass is 9.86. The predicted molar refractivity (Wildman–Crippen MR) is 102 cm³/mol. The molecule has 0 unspecified atom stereocenters. The second-order valence-corrected chi connectivity index (χ2v) is 6.99. The first-order chi connectivity index (χ1) is 13.4. The molecule has 8 heteroatoms. The normalized spacial score (nSPS) is 13.4. The van der Waals surface area contributed by atoms with Gasteiger partial charge in [-0.1, -0.05) is 36.2 Å². The molecule has 156 valence electrons. The molecule has 2 atom stereocenters. The minimum absolute atomic E-state index is 0.185.